The van der Waals surface area contributed by atoms with Gasteiger partial charge in [-0.15, -0.1) is 0 Å². The van der Waals surface area contributed by atoms with Crippen LogP contribution in [-0.4, -0.2) is 15.1 Å². The molecular weight excluding hydrogens is 219 g/mol. The lowest BCUT2D eigenvalue weighted by molar-refractivity contribution is 0.480. The third-order valence-corrected chi connectivity index (χ3v) is 2.61. The molecule has 0 fully saturated rings. The summed E-state index contributed by atoms with van der Waals surface area (Å²) >= 11 is 0. The lowest BCUT2D eigenvalue weighted by atomic mass is 10.2. The normalized spacial score (nSPS) is 10.9. The Morgan fingerprint density at radius 1 is 1.06 bits per heavy atom. The lowest BCUT2D eigenvalue weighted by Crippen LogP contribution is -1.80. The molecule has 0 saturated carbocycles. The van der Waals surface area contributed by atoms with Crippen molar-refractivity contribution in [1.29, 1.82) is 0 Å². The van der Waals surface area contributed by atoms with Crippen molar-refractivity contribution in [3.8, 4) is 17.1 Å². The van der Waals surface area contributed by atoms with Gasteiger partial charge in [0.15, 0.2) is 0 Å². The molecule has 3 nitrogen and oxygen atoms in total. The van der Waals surface area contributed by atoms with E-state index in [0.717, 1.165) is 11.1 Å². The number of imidazole rings is 1. The monoisotopic (exact) mass is 228 g/mol. The summed E-state index contributed by atoms with van der Waals surface area (Å²) in [6.07, 6.45) is 0. The van der Waals surface area contributed by atoms with E-state index in [4.69, 9.17) is 0 Å². The van der Waals surface area contributed by atoms with E-state index in [-0.39, 0.29) is 11.6 Å². The fourth-order valence-corrected chi connectivity index (χ4v) is 1.76. The van der Waals surface area contributed by atoms with Crippen LogP contribution in [0, 0.1) is 5.82 Å². The zero-order valence-electron chi connectivity index (χ0n) is 8.81. The van der Waals surface area contributed by atoms with E-state index in [1.807, 2.05) is 6.07 Å². The molecule has 2 N–H and O–H groups in total. The van der Waals surface area contributed by atoms with Crippen LogP contribution < -0.4 is 0 Å². The number of aromatic hydroxyl groups is 1. The molecule has 1 heterocycles. The standard InChI is InChI=1S/C13H9FN2O/c14-9-6-4-8(5-7-9)13-15-10-2-1-3-11(17)12(10)16-13/h1-7,17H,(H,15,16). The van der Waals surface area contributed by atoms with E-state index in [2.05, 4.69) is 9.97 Å². The van der Waals surface area contributed by atoms with Crippen LogP contribution in [0.15, 0.2) is 42.5 Å². The molecule has 0 aliphatic rings. The Morgan fingerprint density at radius 3 is 2.53 bits per heavy atom. The number of hydrogen-bond acceptors (Lipinski definition) is 2. The van der Waals surface area contributed by atoms with Crippen molar-refractivity contribution < 1.29 is 9.50 Å². The minimum absolute atomic E-state index is 0.132. The minimum atomic E-state index is -0.285. The van der Waals surface area contributed by atoms with Gasteiger partial charge < -0.3 is 10.1 Å². The number of nitrogens with zero attached hydrogens (tertiary/aromatic N) is 1. The molecule has 0 unspecified atom stereocenters. The van der Waals surface area contributed by atoms with Crippen molar-refractivity contribution in [1.82, 2.24) is 9.97 Å². The summed E-state index contributed by atoms with van der Waals surface area (Å²) in [4.78, 5) is 7.36. The zero-order chi connectivity index (χ0) is 11.8. The first-order valence-corrected chi connectivity index (χ1v) is 5.18. The molecule has 4 heteroatoms. The highest BCUT2D eigenvalue weighted by atomic mass is 19.1. The topological polar surface area (TPSA) is 48.9 Å². The number of H-pyrrole nitrogens is 1. The molecular formula is C13H9FN2O. The number of aromatic nitrogens is 2. The fraction of sp³-hybridized carbons (Fsp3) is 0. The van der Waals surface area contributed by atoms with Crippen molar-refractivity contribution in [2.45, 2.75) is 0 Å². The average molecular weight is 228 g/mol. The van der Waals surface area contributed by atoms with E-state index >= 15 is 0 Å². The largest absolute Gasteiger partial charge is 0.506 e. The first-order valence-electron chi connectivity index (χ1n) is 5.18. The Balaban J connectivity index is 2.18. The van der Waals surface area contributed by atoms with Crippen LogP contribution >= 0.6 is 0 Å². The second-order valence-electron chi connectivity index (χ2n) is 3.77. The lowest BCUT2D eigenvalue weighted by Gasteiger charge is -1.94. The number of phenolic OH excluding ortho intramolecular Hbond substituents is 1. The number of aromatic amines is 1. The molecule has 0 radical (unpaired) electrons. The smallest absolute Gasteiger partial charge is 0.143 e. The molecule has 0 spiro atoms. The molecule has 0 aliphatic heterocycles. The van der Waals surface area contributed by atoms with Gasteiger partial charge in [-0.25, -0.2) is 9.37 Å². The van der Waals surface area contributed by atoms with E-state index in [0.29, 0.717) is 11.3 Å². The molecule has 0 amide bonds. The predicted molar refractivity (Wildman–Crippen MR) is 63.2 cm³/mol. The van der Waals surface area contributed by atoms with Gasteiger partial charge in [0.05, 0.1) is 5.52 Å². The second-order valence-corrected chi connectivity index (χ2v) is 3.77. The van der Waals surface area contributed by atoms with Crippen molar-refractivity contribution >= 4 is 11.0 Å². The summed E-state index contributed by atoms with van der Waals surface area (Å²) in [5, 5.41) is 9.63. The van der Waals surface area contributed by atoms with Crippen LogP contribution in [0.25, 0.3) is 22.4 Å². The number of fused-ring (bicyclic) bond motifs is 1. The molecule has 0 saturated heterocycles. The van der Waals surface area contributed by atoms with Gasteiger partial charge >= 0.3 is 0 Å². The maximum Gasteiger partial charge on any atom is 0.143 e. The molecule has 84 valence electrons. The SMILES string of the molecule is Oc1cccc2[nH]c(-c3ccc(F)cc3)nc12. The first-order chi connectivity index (χ1) is 8.24. The highest BCUT2D eigenvalue weighted by Gasteiger charge is 2.07. The van der Waals surface area contributed by atoms with Crippen LogP contribution in [0.4, 0.5) is 4.39 Å². The van der Waals surface area contributed by atoms with Crippen molar-refractivity contribution in [2.24, 2.45) is 0 Å². The third-order valence-electron chi connectivity index (χ3n) is 2.61. The molecule has 17 heavy (non-hydrogen) atoms. The molecule has 0 atom stereocenters. The quantitative estimate of drug-likeness (QED) is 0.672. The summed E-state index contributed by atoms with van der Waals surface area (Å²) < 4.78 is 12.8. The number of rotatable bonds is 1. The van der Waals surface area contributed by atoms with E-state index in [1.54, 1.807) is 24.3 Å². The van der Waals surface area contributed by atoms with Gasteiger partial charge in [-0.05, 0) is 36.4 Å². The maximum atomic E-state index is 12.8. The highest BCUT2D eigenvalue weighted by Crippen LogP contribution is 2.26. The Kier molecular flexibility index (Phi) is 2.08. The predicted octanol–water partition coefficient (Wildman–Crippen LogP) is 3.07. The Morgan fingerprint density at radius 2 is 1.82 bits per heavy atom. The Bertz CT molecular complexity index is 673. The number of benzene rings is 2. The van der Waals surface area contributed by atoms with Gasteiger partial charge in [-0.3, -0.25) is 0 Å². The summed E-state index contributed by atoms with van der Waals surface area (Å²) in [6, 6.07) is 11.2. The summed E-state index contributed by atoms with van der Waals surface area (Å²) in [5.74, 6) is 0.460. The van der Waals surface area contributed by atoms with Gasteiger partial charge in [0.25, 0.3) is 0 Å². The zero-order valence-corrected chi connectivity index (χ0v) is 8.81. The molecule has 3 rings (SSSR count). The molecule has 2 aromatic carbocycles. The second kappa shape index (κ2) is 3.59. The minimum Gasteiger partial charge on any atom is -0.506 e. The van der Waals surface area contributed by atoms with Gasteiger partial charge in [-0.2, -0.15) is 0 Å². The van der Waals surface area contributed by atoms with Crippen LogP contribution in [0.1, 0.15) is 0 Å². The van der Waals surface area contributed by atoms with E-state index in [1.165, 1.54) is 12.1 Å². The third kappa shape index (κ3) is 1.63. The van der Waals surface area contributed by atoms with Gasteiger partial charge in [0, 0.05) is 5.56 Å². The number of phenols is 1. The van der Waals surface area contributed by atoms with Crippen LogP contribution in [0.5, 0.6) is 5.75 Å². The number of para-hydroxylation sites is 1. The number of nitrogens with one attached hydrogen (secondary N) is 1. The summed E-state index contributed by atoms with van der Waals surface area (Å²) in [5.41, 5.74) is 2.05. The van der Waals surface area contributed by atoms with Crippen molar-refractivity contribution in [3.63, 3.8) is 0 Å². The highest BCUT2D eigenvalue weighted by molar-refractivity contribution is 5.84. The van der Waals surface area contributed by atoms with Crippen LogP contribution in [0.2, 0.25) is 0 Å². The summed E-state index contributed by atoms with van der Waals surface area (Å²) in [7, 11) is 0. The van der Waals surface area contributed by atoms with E-state index < -0.39 is 0 Å². The van der Waals surface area contributed by atoms with Gasteiger partial charge in [0.2, 0.25) is 0 Å². The van der Waals surface area contributed by atoms with Crippen molar-refractivity contribution in [2.75, 3.05) is 0 Å². The van der Waals surface area contributed by atoms with Crippen LogP contribution in [0.3, 0.4) is 0 Å². The maximum absolute atomic E-state index is 12.8. The fourth-order valence-electron chi connectivity index (χ4n) is 1.76. The van der Waals surface area contributed by atoms with Crippen LogP contribution in [-0.2, 0) is 0 Å². The van der Waals surface area contributed by atoms with Gasteiger partial charge in [-0.1, -0.05) is 6.07 Å². The molecule has 0 bridgehead atoms. The number of halogens is 1. The number of hydrogen-bond donors (Lipinski definition) is 2. The first kappa shape index (κ1) is 9.84. The molecule has 0 aliphatic carbocycles. The van der Waals surface area contributed by atoms with E-state index in [9.17, 15) is 9.50 Å². The Hall–Kier alpha value is -2.36. The van der Waals surface area contributed by atoms with Gasteiger partial charge in [0.1, 0.15) is 22.9 Å². The Labute approximate surface area is 96.6 Å². The molecule has 3 aromatic rings. The summed E-state index contributed by atoms with van der Waals surface area (Å²) in [6.45, 7) is 0. The van der Waals surface area contributed by atoms with Crippen molar-refractivity contribution in [3.05, 3.63) is 48.3 Å². The molecule has 1 aromatic heterocycles. The average Bonchev–Trinajstić information content (AvgIpc) is 2.75.